The van der Waals surface area contributed by atoms with E-state index in [4.69, 9.17) is 10.8 Å². The molecule has 0 fully saturated rings. The molecule has 1 aromatic carbocycles. The van der Waals surface area contributed by atoms with Crippen molar-refractivity contribution < 1.29 is 14.7 Å². The van der Waals surface area contributed by atoms with Gasteiger partial charge in [0.15, 0.2) is 0 Å². The minimum Gasteiger partial charge on any atom is -0.478 e. The van der Waals surface area contributed by atoms with Gasteiger partial charge in [-0.2, -0.15) is 0 Å². The van der Waals surface area contributed by atoms with E-state index in [1.807, 2.05) is 36.1 Å². The van der Waals surface area contributed by atoms with Gasteiger partial charge in [-0.15, -0.1) is 0 Å². The van der Waals surface area contributed by atoms with Gasteiger partial charge in [0.1, 0.15) is 0 Å². The van der Waals surface area contributed by atoms with Crippen molar-refractivity contribution >= 4 is 18.0 Å². The van der Waals surface area contributed by atoms with E-state index < -0.39 is 5.97 Å². The zero-order valence-electron chi connectivity index (χ0n) is 10.9. The lowest BCUT2D eigenvalue weighted by atomic mass is 10.1. The zero-order chi connectivity index (χ0) is 14.3. The van der Waals surface area contributed by atoms with E-state index in [0.29, 0.717) is 6.54 Å². The van der Waals surface area contributed by atoms with Gasteiger partial charge < -0.3 is 10.8 Å². The first-order valence-corrected chi connectivity index (χ1v) is 6.02. The Morgan fingerprint density at radius 3 is 2.42 bits per heavy atom. The van der Waals surface area contributed by atoms with Crippen LogP contribution in [0.25, 0.3) is 6.08 Å². The first-order valence-electron chi connectivity index (χ1n) is 6.02. The number of carbonyl (C=O) groups excluding carboxylic acids is 1. The van der Waals surface area contributed by atoms with Crippen molar-refractivity contribution in [2.24, 2.45) is 5.73 Å². The predicted octanol–water partition coefficient (Wildman–Crippen LogP) is 1.09. The molecule has 1 amide bonds. The minimum absolute atomic E-state index is 0.233. The van der Waals surface area contributed by atoms with Crippen molar-refractivity contribution in [2.45, 2.75) is 13.5 Å². The Kier molecular flexibility index (Phi) is 5.75. The fourth-order valence-electron chi connectivity index (χ4n) is 1.66. The number of benzene rings is 1. The summed E-state index contributed by atoms with van der Waals surface area (Å²) in [6.07, 6.45) is 2.63. The highest BCUT2D eigenvalue weighted by Gasteiger charge is 2.06. The van der Waals surface area contributed by atoms with Crippen LogP contribution in [0.15, 0.2) is 30.3 Å². The van der Waals surface area contributed by atoms with Crippen molar-refractivity contribution in [3.63, 3.8) is 0 Å². The molecule has 0 bridgehead atoms. The number of carboxylic acids is 1. The molecule has 1 aromatic rings. The number of aliphatic carboxylic acids is 1. The van der Waals surface area contributed by atoms with Crippen molar-refractivity contribution in [1.82, 2.24) is 4.90 Å². The second-order valence-electron chi connectivity index (χ2n) is 4.18. The molecule has 0 unspecified atom stereocenters. The summed E-state index contributed by atoms with van der Waals surface area (Å²) in [6.45, 7) is 3.58. The van der Waals surface area contributed by atoms with Crippen LogP contribution in [0.1, 0.15) is 18.1 Å². The first-order chi connectivity index (χ1) is 9.01. The highest BCUT2D eigenvalue weighted by atomic mass is 16.4. The monoisotopic (exact) mass is 262 g/mol. The van der Waals surface area contributed by atoms with Gasteiger partial charge in [-0.1, -0.05) is 31.2 Å². The average molecular weight is 262 g/mol. The summed E-state index contributed by atoms with van der Waals surface area (Å²) in [4.78, 5) is 23.2. The molecule has 5 nitrogen and oxygen atoms in total. The molecule has 5 heteroatoms. The molecule has 3 N–H and O–H groups in total. The number of amides is 1. The van der Waals surface area contributed by atoms with E-state index in [0.717, 1.165) is 23.7 Å². The van der Waals surface area contributed by atoms with Gasteiger partial charge in [-0.3, -0.25) is 9.69 Å². The fourth-order valence-corrected chi connectivity index (χ4v) is 1.66. The van der Waals surface area contributed by atoms with Crippen molar-refractivity contribution in [3.8, 4) is 0 Å². The molecule has 1 rings (SSSR count). The Bertz CT molecular complexity index is 466. The number of carbonyl (C=O) groups is 2. The third kappa shape index (κ3) is 5.83. The third-order valence-electron chi connectivity index (χ3n) is 2.63. The maximum Gasteiger partial charge on any atom is 0.328 e. The number of hydrogen-bond acceptors (Lipinski definition) is 3. The summed E-state index contributed by atoms with van der Waals surface area (Å²) in [6, 6.07) is 7.50. The standard InChI is InChI=1S/C14H18N2O3/c1-2-16(10-13(15)17)9-12-5-3-11(4-6-12)7-8-14(18)19/h3-8H,2,9-10H2,1H3,(H2,15,17)(H,18,19)/b8-7+. The van der Waals surface area contributed by atoms with Gasteiger partial charge in [0.05, 0.1) is 6.54 Å². The van der Waals surface area contributed by atoms with Crippen LogP contribution in [-0.2, 0) is 16.1 Å². The van der Waals surface area contributed by atoms with E-state index in [-0.39, 0.29) is 12.5 Å². The van der Waals surface area contributed by atoms with Gasteiger partial charge in [0.25, 0.3) is 0 Å². The Morgan fingerprint density at radius 2 is 1.95 bits per heavy atom. The van der Waals surface area contributed by atoms with Crippen LogP contribution < -0.4 is 5.73 Å². The largest absolute Gasteiger partial charge is 0.478 e. The van der Waals surface area contributed by atoms with Crippen LogP contribution in [0.3, 0.4) is 0 Å². The van der Waals surface area contributed by atoms with Crippen LogP contribution in [-0.4, -0.2) is 35.0 Å². The maximum atomic E-state index is 10.9. The van der Waals surface area contributed by atoms with Gasteiger partial charge in [0.2, 0.25) is 5.91 Å². The van der Waals surface area contributed by atoms with Crippen molar-refractivity contribution in [1.29, 1.82) is 0 Å². The molecule has 0 aliphatic carbocycles. The smallest absolute Gasteiger partial charge is 0.328 e. The van der Waals surface area contributed by atoms with Gasteiger partial charge in [-0.25, -0.2) is 4.79 Å². The van der Waals surface area contributed by atoms with Crippen molar-refractivity contribution in [2.75, 3.05) is 13.1 Å². The van der Waals surface area contributed by atoms with Gasteiger partial charge in [0, 0.05) is 12.6 Å². The van der Waals surface area contributed by atoms with Crippen LogP contribution in [0, 0.1) is 0 Å². The van der Waals surface area contributed by atoms with Crippen LogP contribution in [0.5, 0.6) is 0 Å². The average Bonchev–Trinajstić information content (AvgIpc) is 2.36. The minimum atomic E-state index is -0.970. The summed E-state index contributed by atoms with van der Waals surface area (Å²) >= 11 is 0. The van der Waals surface area contributed by atoms with E-state index >= 15 is 0 Å². The predicted molar refractivity (Wildman–Crippen MR) is 73.3 cm³/mol. The normalized spacial score (nSPS) is 11.1. The molecule has 0 spiro atoms. The number of carboxylic acid groups (broad SMARTS) is 1. The summed E-state index contributed by atoms with van der Waals surface area (Å²) in [5.74, 6) is -1.31. The van der Waals surface area contributed by atoms with Crippen LogP contribution in [0.2, 0.25) is 0 Å². The Morgan fingerprint density at radius 1 is 1.32 bits per heavy atom. The molecule has 0 saturated carbocycles. The zero-order valence-corrected chi connectivity index (χ0v) is 10.9. The Hall–Kier alpha value is -2.14. The lowest BCUT2D eigenvalue weighted by Gasteiger charge is -2.18. The number of nitrogens with zero attached hydrogens (tertiary/aromatic N) is 1. The lowest BCUT2D eigenvalue weighted by molar-refractivity contribution is -0.131. The van der Waals surface area contributed by atoms with E-state index in [1.165, 1.54) is 6.08 Å². The van der Waals surface area contributed by atoms with Crippen LogP contribution >= 0.6 is 0 Å². The molecule has 0 radical (unpaired) electrons. The molecule has 0 aliphatic rings. The van der Waals surface area contributed by atoms with Gasteiger partial charge >= 0.3 is 5.97 Å². The Balaban J connectivity index is 2.65. The van der Waals surface area contributed by atoms with Gasteiger partial charge in [-0.05, 0) is 23.7 Å². The molecule has 0 atom stereocenters. The number of nitrogens with two attached hydrogens (primary N) is 1. The quantitative estimate of drug-likeness (QED) is 0.720. The molecule has 0 aliphatic heterocycles. The van der Waals surface area contributed by atoms with Crippen molar-refractivity contribution in [3.05, 3.63) is 41.5 Å². The summed E-state index contributed by atoms with van der Waals surface area (Å²) in [7, 11) is 0. The highest BCUT2D eigenvalue weighted by molar-refractivity contribution is 5.85. The highest BCUT2D eigenvalue weighted by Crippen LogP contribution is 2.08. The molecular weight excluding hydrogens is 244 g/mol. The number of rotatable bonds is 7. The topological polar surface area (TPSA) is 83.6 Å². The summed E-state index contributed by atoms with van der Waals surface area (Å²) in [5.41, 5.74) is 7.04. The summed E-state index contributed by atoms with van der Waals surface area (Å²) in [5, 5.41) is 8.53. The third-order valence-corrected chi connectivity index (χ3v) is 2.63. The summed E-state index contributed by atoms with van der Waals surface area (Å²) < 4.78 is 0. The molecule has 0 saturated heterocycles. The number of hydrogen-bond donors (Lipinski definition) is 2. The lowest BCUT2D eigenvalue weighted by Crippen LogP contribution is -2.33. The maximum absolute atomic E-state index is 10.9. The molecular formula is C14H18N2O3. The molecule has 102 valence electrons. The first kappa shape index (κ1) is 14.9. The Labute approximate surface area is 112 Å². The molecule has 19 heavy (non-hydrogen) atoms. The van der Waals surface area contributed by atoms with E-state index in [9.17, 15) is 9.59 Å². The fraction of sp³-hybridized carbons (Fsp3) is 0.286. The second kappa shape index (κ2) is 7.33. The van der Waals surface area contributed by atoms with E-state index in [2.05, 4.69) is 0 Å². The van der Waals surface area contributed by atoms with Crippen LogP contribution in [0.4, 0.5) is 0 Å². The number of likely N-dealkylation sites (N-methyl/N-ethyl adjacent to an activating group) is 1. The molecule has 0 aromatic heterocycles. The van der Waals surface area contributed by atoms with E-state index in [1.54, 1.807) is 0 Å². The molecule has 0 heterocycles. The number of primary amides is 1. The second-order valence-corrected chi connectivity index (χ2v) is 4.18. The SMILES string of the molecule is CCN(CC(N)=O)Cc1ccc(/C=C/C(=O)O)cc1.